The summed E-state index contributed by atoms with van der Waals surface area (Å²) >= 11 is 11.5. The quantitative estimate of drug-likeness (QED) is 0.385. The van der Waals surface area contributed by atoms with Gasteiger partial charge in [0.05, 0.1) is 18.5 Å². The van der Waals surface area contributed by atoms with Crippen LogP contribution < -0.4 is 10.2 Å². The van der Waals surface area contributed by atoms with Gasteiger partial charge >= 0.3 is 6.09 Å². The van der Waals surface area contributed by atoms with Gasteiger partial charge in [-0.15, -0.1) is 23.2 Å². The molecule has 0 spiro atoms. The molecule has 1 atom stereocenters. The number of nitriles is 1. The molecule has 1 unspecified atom stereocenters. The summed E-state index contributed by atoms with van der Waals surface area (Å²) in [5.41, 5.74) is 3.11. The third-order valence-corrected chi connectivity index (χ3v) is 4.99. The Morgan fingerprint density at radius 2 is 1.81 bits per heavy atom. The molecule has 0 aliphatic rings. The van der Waals surface area contributed by atoms with Crippen molar-refractivity contribution in [2.24, 2.45) is 5.92 Å². The maximum atomic E-state index is 12.6. The molecule has 2 aromatic rings. The van der Waals surface area contributed by atoms with E-state index < -0.39 is 10.9 Å². The Morgan fingerprint density at radius 1 is 1.13 bits per heavy atom. The minimum atomic E-state index is -1.14. The van der Waals surface area contributed by atoms with E-state index in [1.54, 1.807) is 12.1 Å². The van der Waals surface area contributed by atoms with Gasteiger partial charge in [-0.3, -0.25) is 9.69 Å². The lowest BCUT2D eigenvalue weighted by molar-refractivity contribution is -0.122. The van der Waals surface area contributed by atoms with Crippen molar-refractivity contribution in [2.75, 3.05) is 18.0 Å². The summed E-state index contributed by atoms with van der Waals surface area (Å²) in [6.45, 7) is 4.03. The number of benzene rings is 2. The van der Waals surface area contributed by atoms with Gasteiger partial charge in [0, 0.05) is 5.69 Å². The Bertz CT molecular complexity index is 940. The zero-order valence-electron chi connectivity index (χ0n) is 17.4. The second-order valence-electron chi connectivity index (χ2n) is 7.51. The Balaban J connectivity index is 2.32. The third kappa shape index (κ3) is 7.16. The van der Waals surface area contributed by atoms with Gasteiger partial charge < -0.3 is 10.4 Å². The van der Waals surface area contributed by atoms with Crippen LogP contribution in [0.3, 0.4) is 0 Å². The molecule has 164 valence electrons. The Hall–Kier alpha value is -2.75. The molecule has 0 radical (unpaired) electrons. The van der Waals surface area contributed by atoms with Crippen LogP contribution in [0.1, 0.15) is 31.7 Å². The SMILES string of the molecule is CC(C)CC(C(=O)NCC#N)c1cccc(-c2ccc(N(CC(Cl)Cl)C(=O)O)cc2)c1. The molecule has 6 nitrogen and oxygen atoms in total. The topological polar surface area (TPSA) is 93.4 Å². The molecule has 0 heterocycles. The van der Waals surface area contributed by atoms with E-state index in [4.69, 9.17) is 28.5 Å². The van der Waals surface area contributed by atoms with Crippen molar-refractivity contribution in [1.82, 2.24) is 5.32 Å². The minimum Gasteiger partial charge on any atom is -0.465 e. The average Bonchev–Trinajstić information content (AvgIpc) is 2.74. The lowest BCUT2D eigenvalue weighted by atomic mass is 9.88. The summed E-state index contributed by atoms with van der Waals surface area (Å²) in [6.07, 6.45) is -0.480. The van der Waals surface area contributed by atoms with E-state index in [0.717, 1.165) is 21.6 Å². The second kappa shape index (κ2) is 11.6. The van der Waals surface area contributed by atoms with Crippen LogP contribution in [0.15, 0.2) is 48.5 Å². The van der Waals surface area contributed by atoms with Crippen molar-refractivity contribution >= 4 is 40.9 Å². The first-order valence-corrected chi connectivity index (χ1v) is 10.7. The number of anilines is 1. The molecule has 8 heteroatoms. The molecule has 0 fully saturated rings. The molecule has 2 aromatic carbocycles. The molecule has 2 rings (SSSR count). The monoisotopic (exact) mass is 461 g/mol. The Labute approximate surface area is 192 Å². The first-order chi connectivity index (χ1) is 14.7. The summed E-state index contributed by atoms with van der Waals surface area (Å²) in [7, 11) is 0. The van der Waals surface area contributed by atoms with Gasteiger partial charge in [0.15, 0.2) is 0 Å². The number of halogens is 2. The number of carbonyl (C=O) groups is 2. The summed E-state index contributed by atoms with van der Waals surface area (Å²) in [5.74, 6) is -0.230. The number of nitrogens with zero attached hydrogens (tertiary/aromatic N) is 2. The van der Waals surface area contributed by atoms with E-state index in [2.05, 4.69) is 5.32 Å². The van der Waals surface area contributed by atoms with Crippen molar-refractivity contribution in [3.63, 3.8) is 0 Å². The van der Waals surface area contributed by atoms with Crippen LogP contribution >= 0.6 is 23.2 Å². The number of hydrogen-bond acceptors (Lipinski definition) is 3. The van der Waals surface area contributed by atoms with Crippen LogP contribution in [0.4, 0.5) is 10.5 Å². The van der Waals surface area contributed by atoms with Crippen LogP contribution in [0.5, 0.6) is 0 Å². The van der Waals surface area contributed by atoms with Gasteiger partial charge in [0.2, 0.25) is 5.91 Å². The van der Waals surface area contributed by atoms with Gasteiger partial charge in [-0.2, -0.15) is 5.26 Å². The van der Waals surface area contributed by atoms with Crippen LogP contribution in [0.2, 0.25) is 0 Å². The van der Waals surface area contributed by atoms with Gasteiger partial charge in [-0.25, -0.2) is 4.79 Å². The number of nitrogens with one attached hydrogen (secondary N) is 1. The number of rotatable bonds is 9. The molecule has 2 N–H and O–H groups in total. The number of carboxylic acid groups (broad SMARTS) is 1. The van der Waals surface area contributed by atoms with Crippen molar-refractivity contribution in [2.45, 2.75) is 31.0 Å². The van der Waals surface area contributed by atoms with Crippen molar-refractivity contribution in [1.29, 1.82) is 5.26 Å². The predicted molar refractivity (Wildman–Crippen MR) is 124 cm³/mol. The van der Waals surface area contributed by atoms with Crippen LogP contribution in [0, 0.1) is 17.2 Å². The van der Waals surface area contributed by atoms with Crippen LogP contribution in [-0.2, 0) is 4.79 Å². The normalized spacial score (nSPS) is 11.8. The molecule has 0 saturated heterocycles. The third-order valence-electron chi connectivity index (χ3n) is 4.72. The second-order valence-corrected chi connectivity index (χ2v) is 8.79. The van der Waals surface area contributed by atoms with E-state index in [9.17, 15) is 14.7 Å². The number of amides is 2. The summed E-state index contributed by atoms with van der Waals surface area (Å²) in [6, 6.07) is 16.6. The Morgan fingerprint density at radius 3 is 2.35 bits per heavy atom. The van der Waals surface area contributed by atoms with Crippen molar-refractivity contribution in [3.05, 3.63) is 54.1 Å². The van der Waals surface area contributed by atoms with Gasteiger partial charge in [0.1, 0.15) is 11.4 Å². The number of carbonyl (C=O) groups excluding carboxylic acids is 1. The Kier molecular flexibility index (Phi) is 9.17. The first-order valence-electron chi connectivity index (χ1n) is 9.86. The maximum absolute atomic E-state index is 12.6. The number of hydrogen-bond donors (Lipinski definition) is 2. The molecular formula is C23H25Cl2N3O3. The molecule has 0 aliphatic carbocycles. The van der Waals surface area contributed by atoms with Crippen molar-refractivity contribution in [3.8, 4) is 17.2 Å². The van der Waals surface area contributed by atoms with Gasteiger partial charge in [-0.1, -0.05) is 50.2 Å². The van der Waals surface area contributed by atoms with E-state index in [1.807, 2.05) is 56.3 Å². The standard InChI is InChI=1S/C23H25Cl2N3O3/c1-15(2)12-20(22(29)27-11-10-26)18-5-3-4-17(13-18)16-6-8-19(9-7-16)28(23(30)31)14-21(24)25/h3-9,13,15,20-21H,11-12,14H2,1-2H3,(H,27,29)(H,30,31). The predicted octanol–water partition coefficient (Wildman–Crippen LogP) is 5.41. The van der Waals surface area contributed by atoms with E-state index in [1.165, 1.54) is 0 Å². The zero-order valence-corrected chi connectivity index (χ0v) is 18.9. The summed E-state index contributed by atoms with van der Waals surface area (Å²) in [4.78, 5) is 24.4. The summed E-state index contributed by atoms with van der Waals surface area (Å²) in [5, 5.41) is 20.8. The highest BCUT2D eigenvalue weighted by molar-refractivity contribution is 6.44. The smallest absolute Gasteiger partial charge is 0.411 e. The molecule has 0 aliphatic heterocycles. The highest BCUT2D eigenvalue weighted by atomic mass is 35.5. The molecule has 31 heavy (non-hydrogen) atoms. The van der Waals surface area contributed by atoms with Gasteiger partial charge in [-0.05, 0) is 41.2 Å². The molecular weight excluding hydrogens is 437 g/mol. The van der Waals surface area contributed by atoms with E-state index in [-0.39, 0.29) is 24.9 Å². The molecule has 0 aromatic heterocycles. The largest absolute Gasteiger partial charge is 0.465 e. The fourth-order valence-corrected chi connectivity index (χ4v) is 3.59. The van der Waals surface area contributed by atoms with Gasteiger partial charge in [0.25, 0.3) is 0 Å². The summed E-state index contributed by atoms with van der Waals surface area (Å²) < 4.78 is 0. The highest BCUT2D eigenvalue weighted by Crippen LogP contribution is 2.30. The van der Waals surface area contributed by atoms with E-state index >= 15 is 0 Å². The molecule has 2 amide bonds. The maximum Gasteiger partial charge on any atom is 0.411 e. The lowest BCUT2D eigenvalue weighted by Crippen LogP contribution is -2.33. The molecule has 0 saturated carbocycles. The molecule has 0 bridgehead atoms. The average molecular weight is 462 g/mol. The number of alkyl halides is 2. The minimum absolute atomic E-state index is 0.0277. The van der Waals surface area contributed by atoms with Crippen LogP contribution in [0.25, 0.3) is 11.1 Å². The highest BCUT2D eigenvalue weighted by Gasteiger charge is 2.22. The fraction of sp³-hybridized carbons (Fsp3) is 0.348. The van der Waals surface area contributed by atoms with Crippen LogP contribution in [-0.4, -0.2) is 35.0 Å². The fourth-order valence-electron chi connectivity index (χ4n) is 3.32. The van der Waals surface area contributed by atoms with Crippen molar-refractivity contribution < 1.29 is 14.7 Å². The zero-order chi connectivity index (χ0) is 23.0. The lowest BCUT2D eigenvalue weighted by Gasteiger charge is -2.20. The first kappa shape index (κ1) is 24.5. The van der Waals surface area contributed by atoms with E-state index in [0.29, 0.717) is 18.0 Å².